The fourth-order valence-electron chi connectivity index (χ4n) is 1.94. The van der Waals surface area contributed by atoms with Gasteiger partial charge < -0.3 is 16.0 Å². The molecule has 0 aromatic heterocycles. The van der Waals surface area contributed by atoms with Crippen LogP contribution in [0.25, 0.3) is 0 Å². The number of amides is 3. The Balaban J connectivity index is 1.73. The van der Waals surface area contributed by atoms with Crippen LogP contribution in [0.3, 0.4) is 0 Å². The summed E-state index contributed by atoms with van der Waals surface area (Å²) >= 11 is 3.37. The van der Waals surface area contributed by atoms with Gasteiger partial charge in [-0.3, -0.25) is 4.79 Å². The maximum atomic E-state index is 11.8. The highest BCUT2D eigenvalue weighted by molar-refractivity contribution is 9.10. The molecular weight excluding hydrogens is 358 g/mol. The standard InChI is InChI=1S/C17H18BrN3O2/c1-12-7-8-14(18)11-15(12)21-17(23)20-10-9-19-16(22)13-5-3-2-4-6-13/h2-8,11H,9-10H2,1H3,(H,19,22)(H2,20,21,23). The van der Waals surface area contributed by atoms with E-state index in [1.807, 2.05) is 31.2 Å². The van der Waals surface area contributed by atoms with E-state index >= 15 is 0 Å². The molecule has 2 aromatic rings. The predicted octanol–water partition coefficient (Wildman–Crippen LogP) is 3.31. The SMILES string of the molecule is Cc1ccc(Br)cc1NC(=O)NCCNC(=O)c1ccccc1. The number of anilines is 1. The predicted molar refractivity (Wildman–Crippen MR) is 94.7 cm³/mol. The van der Waals surface area contributed by atoms with E-state index < -0.39 is 0 Å². The Morgan fingerprint density at radius 2 is 1.70 bits per heavy atom. The summed E-state index contributed by atoms with van der Waals surface area (Å²) in [5.41, 5.74) is 2.31. The summed E-state index contributed by atoms with van der Waals surface area (Å²) in [5.74, 6) is -0.157. The zero-order valence-electron chi connectivity index (χ0n) is 12.7. The minimum absolute atomic E-state index is 0.157. The van der Waals surface area contributed by atoms with Gasteiger partial charge in [-0.15, -0.1) is 0 Å². The molecule has 0 heterocycles. The molecule has 3 N–H and O–H groups in total. The Hall–Kier alpha value is -2.34. The first-order valence-corrected chi connectivity index (χ1v) is 8.00. The Labute approximate surface area is 143 Å². The lowest BCUT2D eigenvalue weighted by Crippen LogP contribution is -2.36. The summed E-state index contributed by atoms with van der Waals surface area (Å²) in [6, 6.07) is 14.3. The lowest BCUT2D eigenvalue weighted by Gasteiger charge is -2.11. The first kappa shape index (κ1) is 17.0. The average molecular weight is 376 g/mol. The van der Waals surface area contributed by atoms with Crippen LogP contribution in [0.2, 0.25) is 0 Å². The number of hydrogen-bond donors (Lipinski definition) is 3. The summed E-state index contributed by atoms with van der Waals surface area (Å²) in [4.78, 5) is 23.7. The van der Waals surface area contributed by atoms with Crippen LogP contribution < -0.4 is 16.0 Å². The number of rotatable bonds is 5. The van der Waals surface area contributed by atoms with Crippen LogP contribution in [-0.4, -0.2) is 25.0 Å². The van der Waals surface area contributed by atoms with Crippen molar-refractivity contribution in [2.75, 3.05) is 18.4 Å². The van der Waals surface area contributed by atoms with Crippen LogP contribution in [0.5, 0.6) is 0 Å². The fraction of sp³-hybridized carbons (Fsp3) is 0.176. The van der Waals surface area contributed by atoms with Gasteiger partial charge >= 0.3 is 6.03 Å². The Morgan fingerprint density at radius 1 is 1.00 bits per heavy atom. The number of benzene rings is 2. The highest BCUT2D eigenvalue weighted by Crippen LogP contribution is 2.20. The van der Waals surface area contributed by atoms with Gasteiger partial charge in [0.15, 0.2) is 0 Å². The number of carbonyl (C=O) groups excluding carboxylic acids is 2. The van der Waals surface area contributed by atoms with Gasteiger partial charge in [-0.05, 0) is 36.8 Å². The Morgan fingerprint density at radius 3 is 2.43 bits per heavy atom. The van der Waals surface area contributed by atoms with Crippen molar-refractivity contribution >= 4 is 33.6 Å². The molecule has 0 spiro atoms. The molecule has 120 valence electrons. The zero-order valence-corrected chi connectivity index (χ0v) is 14.3. The van der Waals surface area contributed by atoms with Crippen molar-refractivity contribution in [3.05, 3.63) is 64.1 Å². The second-order valence-electron chi connectivity index (χ2n) is 4.96. The van der Waals surface area contributed by atoms with Gasteiger partial charge in [0.05, 0.1) is 0 Å². The normalized spacial score (nSPS) is 10.0. The molecule has 0 unspecified atom stereocenters. The third-order valence-corrected chi connectivity index (χ3v) is 3.67. The van der Waals surface area contributed by atoms with E-state index in [4.69, 9.17) is 0 Å². The lowest BCUT2D eigenvalue weighted by molar-refractivity contribution is 0.0954. The molecule has 0 bridgehead atoms. The molecule has 0 aliphatic rings. The van der Waals surface area contributed by atoms with E-state index in [0.717, 1.165) is 15.7 Å². The molecular formula is C17H18BrN3O2. The maximum absolute atomic E-state index is 11.8. The molecule has 0 aliphatic heterocycles. The van der Waals surface area contributed by atoms with Crippen LogP contribution in [-0.2, 0) is 0 Å². The van der Waals surface area contributed by atoms with Crippen molar-refractivity contribution in [3.8, 4) is 0 Å². The number of carbonyl (C=O) groups is 2. The Kier molecular flexibility index (Phi) is 6.17. The molecule has 0 saturated carbocycles. The van der Waals surface area contributed by atoms with Gasteiger partial charge in [-0.2, -0.15) is 0 Å². The smallest absolute Gasteiger partial charge is 0.319 e. The maximum Gasteiger partial charge on any atom is 0.319 e. The third-order valence-electron chi connectivity index (χ3n) is 3.18. The number of nitrogens with one attached hydrogen (secondary N) is 3. The highest BCUT2D eigenvalue weighted by Gasteiger charge is 2.06. The highest BCUT2D eigenvalue weighted by atomic mass is 79.9. The molecule has 0 atom stereocenters. The fourth-order valence-corrected chi connectivity index (χ4v) is 2.30. The lowest BCUT2D eigenvalue weighted by atomic mass is 10.2. The second-order valence-corrected chi connectivity index (χ2v) is 5.88. The number of aryl methyl sites for hydroxylation is 1. The number of halogens is 1. The first-order chi connectivity index (χ1) is 11.1. The van der Waals surface area contributed by atoms with E-state index in [9.17, 15) is 9.59 Å². The number of urea groups is 1. The van der Waals surface area contributed by atoms with Gasteiger partial charge in [0.25, 0.3) is 5.91 Å². The van der Waals surface area contributed by atoms with Gasteiger partial charge in [0, 0.05) is 28.8 Å². The summed E-state index contributed by atoms with van der Waals surface area (Å²) in [7, 11) is 0. The molecule has 3 amide bonds. The topological polar surface area (TPSA) is 70.2 Å². The first-order valence-electron chi connectivity index (χ1n) is 7.20. The summed E-state index contributed by atoms with van der Waals surface area (Å²) in [6.07, 6.45) is 0. The van der Waals surface area contributed by atoms with Crippen molar-refractivity contribution < 1.29 is 9.59 Å². The molecule has 2 aromatic carbocycles. The summed E-state index contributed by atoms with van der Waals surface area (Å²) in [6.45, 7) is 2.62. The van der Waals surface area contributed by atoms with Gasteiger partial charge in [-0.1, -0.05) is 40.2 Å². The van der Waals surface area contributed by atoms with E-state index in [-0.39, 0.29) is 11.9 Å². The molecule has 0 aliphatic carbocycles. The van der Waals surface area contributed by atoms with Gasteiger partial charge in [0.1, 0.15) is 0 Å². The summed E-state index contributed by atoms with van der Waals surface area (Å²) < 4.78 is 0.897. The molecule has 0 fully saturated rings. The van der Waals surface area contributed by atoms with Crippen molar-refractivity contribution in [2.45, 2.75) is 6.92 Å². The second kappa shape index (κ2) is 8.33. The van der Waals surface area contributed by atoms with Crippen molar-refractivity contribution in [1.82, 2.24) is 10.6 Å². The van der Waals surface area contributed by atoms with E-state index in [2.05, 4.69) is 31.9 Å². The largest absolute Gasteiger partial charge is 0.350 e. The van der Waals surface area contributed by atoms with E-state index in [1.54, 1.807) is 24.3 Å². The van der Waals surface area contributed by atoms with Crippen LogP contribution in [0.1, 0.15) is 15.9 Å². The van der Waals surface area contributed by atoms with E-state index in [1.165, 1.54) is 0 Å². The van der Waals surface area contributed by atoms with Gasteiger partial charge in [0.2, 0.25) is 0 Å². The van der Waals surface area contributed by atoms with Crippen LogP contribution in [0, 0.1) is 6.92 Å². The van der Waals surface area contributed by atoms with Crippen LogP contribution >= 0.6 is 15.9 Å². The number of hydrogen-bond acceptors (Lipinski definition) is 2. The Bertz CT molecular complexity index is 689. The van der Waals surface area contributed by atoms with Gasteiger partial charge in [-0.25, -0.2) is 4.79 Å². The molecule has 6 heteroatoms. The zero-order chi connectivity index (χ0) is 16.7. The van der Waals surface area contributed by atoms with Crippen LogP contribution in [0.15, 0.2) is 53.0 Å². The summed E-state index contributed by atoms with van der Waals surface area (Å²) in [5, 5.41) is 8.23. The molecule has 23 heavy (non-hydrogen) atoms. The monoisotopic (exact) mass is 375 g/mol. The van der Waals surface area contributed by atoms with Crippen molar-refractivity contribution in [2.24, 2.45) is 0 Å². The minimum Gasteiger partial charge on any atom is -0.350 e. The molecule has 0 radical (unpaired) electrons. The van der Waals surface area contributed by atoms with E-state index in [0.29, 0.717) is 18.7 Å². The average Bonchev–Trinajstić information content (AvgIpc) is 2.55. The van der Waals surface area contributed by atoms with Crippen molar-refractivity contribution in [1.29, 1.82) is 0 Å². The third kappa shape index (κ3) is 5.41. The molecule has 0 saturated heterocycles. The molecule has 2 rings (SSSR count). The quantitative estimate of drug-likeness (QED) is 0.701. The minimum atomic E-state index is -0.305. The molecule has 5 nitrogen and oxygen atoms in total. The van der Waals surface area contributed by atoms with Crippen molar-refractivity contribution in [3.63, 3.8) is 0 Å². The van der Waals surface area contributed by atoms with Crippen LogP contribution in [0.4, 0.5) is 10.5 Å².